The number of fused-ring (bicyclic) bond motifs is 2. The smallest absolute Gasteiger partial charge is 0.254 e. The zero-order chi connectivity index (χ0) is 14.3. The largest absolute Gasteiger partial charge is 0.349 e. The number of halogens is 3. The summed E-state index contributed by atoms with van der Waals surface area (Å²) in [5.41, 5.74) is 0.205. The van der Waals surface area contributed by atoms with Gasteiger partial charge in [-0.05, 0) is 44.2 Å². The van der Waals surface area contributed by atoms with E-state index in [-0.39, 0.29) is 29.6 Å². The number of amides is 1. The molecule has 116 valence electrons. The van der Waals surface area contributed by atoms with E-state index in [4.69, 9.17) is 0 Å². The first-order chi connectivity index (χ1) is 9.52. The predicted molar refractivity (Wildman–Crippen MR) is 78.8 cm³/mol. The molecule has 1 amide bonds. The molecule has 6 heteroatoms. The number of hydrogen-bond donors (Lipinski definition) is 2. The number of piperidine rings is 1. The Morgan fingerprint density at radius 2 is 1.81 bits per heavy atom. The standard InChI is InChI=1S/C15H18F2N2O.ClH/c1-8-4-12(14(17)7-13(8)16)15(20)19-11-5-9-2-3-10(6-11)18-9;/h4,7,9-11,18H,2-3,5-6H2,1H3,(H,19,20);1H. The van der Waals surface area contributed by atoms with Crippen LogP contribution < -0.4 is 10.6 Å². The SMILES string of the molecule is Cc1cc(C(=O)NC2CC3CCC(C2)N3)c(F)cc1F.Cl. The summed E-state index contributed by atoms with van der Waals surface area (Å²) < 4.78 is 26.9. The van der Waals surface area contributed by atoms with E-state index in [9.17, 15) is 13.6 Å². The van der Waals surface area contributed by atoms with E-state index < -0.39 is 17.5 Å². The van der Waals surface area contributed by atoms with Crippen molar-refractivity contribution >= 4 is 18.3 Å². The molecule has 2 atom stereocenters. The van der Waals surface area contributed by atoms with Crippen LogP contribution in [-0.2, 0) is 0 Å². The molecule has 2 aliphatic rings. The normalized spacial score (nSPS) is 27.1. The van der Waals surface area contributed by atoms with Gasteiger partial charge in [0.2, 0.25) is 0 Å². The van der Waals surface area contributed by atoms with Crippen LogP contribution in [0.1, 0.15) is 41.6 Å². The minimum atomic E-state index is -0.803. The lowest BCUT2D eigenvalue weighted by atomic mass is 9.99. The molecule has 21 heavy (non-hydrogen) atoms. The Morgan fingerprint density at radius 1 is 1.19 bits per heavy atom. The number of nitrogens with one attached hydrogen (secondary N) is 2. The van der Waals surface area contributed by atoms with Crippen molar-refractivity contribution in [1.29, 1.82) is 0 Å². The summed E-state index contributed by atoms with van der Waals surface area (Å²) in [6, 6.07) is 3.04. The number of benzene rings is 1. The van der Waals surface area contributed by atoms with Crippen molar-refractivity contribution in [3.63, 3.8) is 0 Å². The summed E-state index contributed by atoms with van der Waals surface area (Å²) >= 11 is 0. The minimum absolute atomic E-state index is 0. The molecular weight excluding hydrogens is 298 g/mol. The first kappa shape index (κ1) is 16.2. The van der Waals surface area contributed by atoms with E-state index in [1.54, 1.807) is 0 Å². The molecule has 2 saturated heterocycles. The van der Waals surface area contributed by atoms with Crippen LogP contribution in [0.15, 0.2) is 12.1 Å². The van der Waals surface area contributed by atoms with E-state index in [1.807, 2.05) is 0 Å². The zero-order valence-electron chi connectivity index (χ0n) is 11.8. The van der Waals surface area contributed by atoms with Crippen LogP contribution in [0.3, 0.4) is 0 Å². The summed E-state index contributed by atoms with van der Waals surface area (Å²) in [5.74, 6) is -1.88. The van der Waals surface area contributed by atoms with E-state index in [0.717, 1.165) is 31.7 Å². The molecule has 0 aromatic heterocycles. The fraction of sp³-hybridized carbons (Fsp3) is 0.533. The maximum atomic E-state index is 13.7. The van der Waals surface area contributed by atoms with Gasteiger partial charge in [-0.2, -0.15) is 0 Å². The molecule has 2 bridgehead atoms. The lowest BCUT2D eigenvalue weighted by Crippen LogP contribution is -2.48. The monoisotopic (exact) mass is 316 g/mol. The Bertz CT molecular complexity index is 541. The average molecular weight is 317 g/mol. The van der Waals surface area contributed by atoms with Crippen LogP contribution in [-0.4, -0.2) is 24.0 Å². The van der Waals surface area contributed by atoms with Crippen LogP contribution in [0.5, 0.6) is 0 Å². The van der Waals surface area contributed by atoms with Gasteiger partial charge in [0, 0.05) is 24.2 Å². The topological polar surface area (TPSA) is 41.1 Å². The summed E-state index contributed by atoms with van der Waals surface area (Å²) in [4.78, 5) is 12.1. The van der Waals surface area contributed by atoms with Crippen molar-refractivity contribution in [3.8, 4) is 0 Å². The Balaban J connectivity index is 0.00000161. The molecule has 1 aromatic carbocycles. The lowest BCUT2D eigenvalue weighted by molar-refractivity contribution is 0.0919. The molecule has 2 heterocycles. The first-order valence-corrected chi connectivity index (χ1v) is 7.05. The highest BCUT2D eigenvalue weighted by Gasteiger charge is 2.34. The summed E-state index contributed by atoms with van der Waals surface area (Å²) in [6.45, 7) is 1.52. The molecule has 0 aliphatic carbocycles. The van der Waals surface area contributed by atoms with Crippen LogP contribution in [0.25, 0.3) is 0 Å². The molecular formula is C15H19ClF2N2O. The van der Waals surface area contributed by atoms with Crippen molar-refractivity contribution in [2.24, 2.45) is 0 Å². The number of hydrogen-bond acceptors (Lipinski definition) is 2. The molecule has 2 fully saturated rings. The maximum Gasteiger partial charge on any atom is 0.254 e. The van der Waals surface area contributed by atoms with Crippen molar-refractivity contribution in [3.05, 3.63) is 34.9 Å². The molecule has 0 saturated carbocycles. The lowest BCUT2D eigenvalue weighted by Gasteiger charge is -2.29. The van der Waals surface area contributed by atoms with Gasteiger partial charge in [0.15, 0.2) is 0 Å². The number of rotatable bonds is 2. The first-order valence-electron chi connectivity index (χ1n) is 7.05. The van der Waals surface area contributed by atoms with Gasteiger partial charge < -0.3 is 10.6 Å². The second kappa shape index (κ2) is 6.28. The van der Waals surface area contributed by atoms with Crippen LogP contribution in [0.4, 0.5) is 8.78 Å². The third kappa shape index (κ3) is 3.35. The quantitative estimate of drug-likeness (QED) is 0.881. The summed E-state index contributed by atoms with van der Waals surface area (Å²) in [5, 5.41) is 6.37. The zero-order valence-corrected chi connectivity index (χ0v) is 12.6. The van der Waals surface area contributed by atoms with Gasteiger partial charge in [-0.1, -0.05) is 0 Å². The van der Waals surface area contributed by atoms with Gasteiger partial charge in [0.05, 0.1) is 5.56 Å². The number of aryl methyl sites for hydroxylation is 1. The Hall–Kier alpha value is -1.20. The molecule has 2 unspecified atom stereocenters. The van der Waals surface area contributed by atoms with Gasteiger partial charge in [-0.15, -0.1) is 12.4 Å². The van der Waals surface area contributed by atoms with Gasteiger partial charge in [0.1, 0.15) is 11.6 Å². The molecule has 3 nitrogen and oxygen atoms in total. The third-order valence-electron chi connectivity index (χ3n) is 4.30. The Labute approximate surface area is 128 Å². The van der Waals surface area contributed by atoms with Gasteiger partial charge in [-0.25, -0.2) is 8.78 Å². The van der Waals surface area contributed by atoms with Crippen LogP contribution in [0.2, 0.25) is 0 Å². The van der Waals surface area contributed by atoms with Crippen molar-refractivity contribution in [2.45, 2.75) is 50.7 Å². The fourth-order valence-electron chi connectivity index (χ4n) is 3.27. The van der Waals surface area contributed by atoms with Crippen LogP contribution >= 0.6 is 12.4 Å². The molecule has 2 aliphatic heterocycles. The number of carbonyl (C=O) groups is 1. The Morgan fingerprint density at radius 3 is 2.43 bits per heavy atom. The van der Waals surface area contributed by atoms with E-state index in [2.05, 4.69) is 10.6 Å². The van der Waals surface area contributed by atoms with Gasteiger partial charge in [-0.3, -0.25) is 4.79 Å². The van der Waals surface area contributed by atoms with Gasteiger partial charge >= 0.3 is 0 Å². The second-order valence-corrected chi connectivity index (χ2v) is 5.86. The van der Waals surface area contributed by atoms with Gasteiger partial charge in [0.25, 0.3) is 5.91 Å². The van der Waals surface area contributed by atoms with Crippen molar-refractivity contribution in [2.75, 3.05) is 0 Å². The third-order valence-corrected chi connectivity index (χ3v) is 4.30. The Kier molecular flexibility index (Phi) is 4.84. The summed E-state index contributed by atoms with van der Waals surface area (Å²) in [6.07, 6.45) is 4.04. The molecule has 0 spiro atoms. The maximum absolute atomic E-state index is 13.7. The van der Waals surface area contributed by atoms with Crippen molar-refractivity contribution < 1.29 is 13.6 Å². The predicted octanol–water partition coefficient (Wildman–Crippen LogP) is 2.71. The molecule has 3 rings (SSSR count). The van der Waals surface area contributed by atoms with E-state index in [0.29, 0.717) is 12.1 Å². The van der Waals surface area contributed by atoms with Crippen LogP contribution in [0, 0.1) is 18.6 Å². The highest BCUT2D eigenvalue weighted by molar-refractivity contribution is 5.94. The fourth-order valence-corrected chi connectivity index (χ4v) is 3.27. The van der Waals surface area contributed by atoms with E-state index >= 15 is 0 Å². The highest BCUT2D eigenvalue weighted by atomic mass is 35.5. The summed E-state index contributed by atoms with van der Waals surface area (Å²) in [7, 11) is 0. The minimum Gasteiger partial charge on any atom is -0.349 e. The molecule has 1 aromatic rings. The van der Waals surface area contributed by atoms with Crippen molar-refractivity contribution in [1.82, 2.24) is 10.6 Å². The molecule has 0 radical (unpaired) electrons. The highest BCUT2D eigenvalue weighted by Crippen LogP contribution is 2.27. The van der Waals surface area contributed by atoms with E-state index in [1.165, 1.54) is 13.0 Å². The molecule has 2 N–H and O–H groups in total. The second-order valence-electron chi connectivity index (χ2n) is 5.86. The average Bonchev–Trinajstić information content (AvgIpc) is 2.73. The number of carbonyl (C=O) groups excluding carboxylic acids is 1.